The monoisotopic (exact) mass is 427 g/mol. The average Bonchev–Trinajstić information content (AvgIpc) is 3.12. The van der Waals surface area contributed by atoms with Gasteiger partial charge in [0.15, 0.2) is 11.6 Å². The van der Waals surface area contributed by atoms with Crippen LogP contribution in [-0.2, 0) is 0 Å². The van der Waals surface area contributed by atoms with Crippen LogP contribution in [0.4, 0.5) is 5.69 Å². The molecule has 0 radical (unpaired) electrons. The number of nitro benzene ring substituents is 1. The Balaban J connectivity index is 2.03. The molecule has 0 aliphatic rings. The van der Waals surface area contributed by atoms with E-state index >= 15 is 0 Å². The Labute approximate surface area is 178 Å². The van der Waals surface area contributed by atoms with Crippen LogP contribution in [-0.4, -0.2) is 39.2 Å². The molecular weight excluding hydrogens is 406 g/mol. The molecule has 0 saturated carbocycles. The molecule has 1 aromatic heterocycles. The summed E-state index contributed by atoms with van der Waals surface area (Å²) >= 11 is 5.27. The molecular formula is C20H21N5O4S. The first-order valence-electron chi connectivity index (χ1n) is 9.40. The first kappa shape index (κ1) is 21.2. The van der Waals surface area contributed by atoms with Gasteiger partial charge in [0.25, 0.3) is 0 Å². The fourth-order valence-electron chi connectivity index (χ4n) is 2.73. The highest BCUT2D eigenvalue weighted by Crippen LogP contribution is 2.38. The fourth-order valence-corrected chi connectivity index (χ4v) is 2.91. The number of hydrogen-bond acceptors (Lipinski definition) is 7. The predicted molar refractivity (Wildman–Crippen MR) is 116 cm³/mol. The summed E-state index contributed by atoms with van der Waals surface area (Å²) in [6.07, 6.45) is 2.18. The number of aromatic amines is 1. The van der Waals surface area contributed by atoms with Gasteiger partial charge in [0.2, 0.25) is 10.5 Å². The van der Waals surface area contributed by atoms with Crippen LogP contribution in [0.2, 0.25) is 0 Å². The molecule has 0 amide bonds. The Morgan fingerprint density at radius 3 is 2.70 bits per heavy atom. The molecule has 30 heavy (non-hydrogen) atoms. The third-order valence-electron chi connectivity index (χ3n) is 4.01. The van der Waals surface area contributed by atoms with Crippen molar-refractivity contribution >= 4 is 24.1 Å². The Morgan fingerprint density at radius 2 is 2.03 bits per heavy atom. The largest absolute Gasteiger partial charge is 0.490 e. The summed E-state index contributed by atoms with van der Waals surface area (Å²) in [6.45, 7) is 4.41. The molecule has 156 valence electrons. The Morgan fingerprint density at radius 1 is 1.27 bits per heavy atom. The summed E-state index contributed by atoms with van der Waals surface area (Å²) < 4.78 is 12.9. The molecule has 0 aliphatic carbocycles. The molecule has 0 spiro atoms. The SMILES string of the molecule is CCCOc1c(OCC)cc(/C=N\n2c(-c3ccccc3)n[nH]c2=S)cc1[N+](=O)[O-]. The zero-order valence-electron chi connectivity index (χ0n) is 16.6. The molecule has 2 aromatic carbocycles. The number of nitrogens with zero attached hydrogens (tertiary/aromatic N) is 4. The third-order valence-corrected chi connectivity index (χ3v) is 4.27. The molecule has 0 bridgehead atoms. The van der Waals surface area contributed by atoms with E-state index in [1.165, 1.54) is 17.0 Å². The first-order chi connectivity index (χ1) is 14.5. The van der Waals surface area contributed by atoms with Crippen molar-refractivity contribution in [3.8, 4) is 22.9 Å². The highest BCUT2D eigenvalue weighted by molar-refractivity contribution is 7.71. The smallest absolute Gasteiger partial charge is 0.315 e. The van der Waals surface area contributed by atoms with E-state index in [9.17, 15) is 10.1 Å². The van der Waals surface area contributed by atoms with E-state index in [1.807, 2.05) is 37.3 Å². The van der Waals surface area contributed by atoms with Gasteiger partial charge in [-0.15, -0.1) is 0 Å². The van der Waals surface area contributed by atoms with Crippen LogP contribution >= 0.6 is 12.2 Å². The second kappa shape index (κ2) is 9.79. The van der Waals surface area contributed by atoms with E-state index in [2.05, 4.69) is 15.3 Å². The lowest BCUT2D eigenvalue weighted by Gasteiger charge is -2.12. The summed E-state index contributed by atoms with van der Waals surface area (Å²) in [5, 5.41) is 22.9. The molecule has 3 aromatic rings. The number of rotatable bonds is 9. The van der Waals surface area contributed by atoms with E-state index in [1.54, 1.807) is 13.0 Å². The minimum atomic E-state index is -0.496. The van der Waals surface area contributed by atoms with Gasteiger partial charge in [-0.1, -0.05) is 37.3 Å². The summed E-state index contributed by atoms with van der Waals surface area (Å²) in [6, 6.07) is 12.5. The van der Waals surface area contributed by atoms with Gasteiger partial charge in [0.1, 0.15) is 0 Å². The maximum Gasteiger partial charge on any atom is 0.315 e. The third kappa shape index (κ3) is 4.71. The summed E-state index contributed by atoms with van der Waals surface area (Å²) in [4.78, 5) is 11.1. The molecule has 1 heterocycles. The number of nitro groups is 1. The van der Waals surface area contributed by atoms with E-state index in [0.717, 1.165) is 5.56 Å². The van der Waals surface area contributed by atoms with Crippen LogP contribution in [0.5, 0.6) is 11.5 Å². The average molecular weight is 427 g/mol. The van der Waals surface area contributed by atoms with Gasteiger partial charge in [0, 0.05) is 17.2 Å². The van der Waals surface area contributed by atoms with Crippen LogP contribution in [0.1, 0.15) is 25.8 Å². The maximum absolute atomic E-state index is 11.6. The minimum Gasteiger partial charge on any atom is -0.490 e. The second-order valence-electron chi connectivity index (χ2n) is 6.18. The zero-order chi connectivity index (χ0) is 21.5. The number of ether oxygens (including phenoxy) is 2. The van der Waals surface area contributed by atoms with Crippen LogP contribution in [0, 0.1) is 14.9 Å². The van der Waals surface area contributed by atoms with Crippen LogP contribution in [0.3, 0.4) is 0 Å². The molecule has 0 saturated heterocycles. The standard InChI is InChI=1S/C20H21N5O4S/c1-3-10-29-18-16(25(26)27)11-14(12-17(18)28-4-2)13-21-24-19(22-23-20(24)30)15-8-6-5-7-9-15/h5-9,11-13H,3-4,10H2,1-2H3,(H,23,30)/b21-13-. The Kier molecular flexibility index (Phi) is 6.91. The number of nitrogens with one attached hydrogen (secondary N) is 1. The van der Waals surface area contributed by atoms with Crippen LogP contribution < -0.4 is 9.47 Å². The summed E-state index contributed by atoms with van der Waals surface area (Å²) in [7, 11) is 0. The van der Waals surface area contributed by atoms with Gasteiger partial charge >= 0.3 is 5.69 Å². The quantitative estimate of drug-likeness (QED) is 0.232. The van der Waals surface area contributed by atoms with Crippen molar-refractivity contribution in [1.82, 2.24) is 14.9 Å². The van der Waals surface area contributed by atoms with Gasteiger partial charge in [-0.3, -0.25) is 10.1 Å². The van der Waals surface area contributed by atoms with Crippen molar-refractivity contribution in [1.29, 1.82) is 0 Å². The molecule has 0 aliphatic heterocycles. The molecule has 0 atom stereocenters. The van der Waals surface area contributed by atoms with E-state index in [4.69, 9.17) is 21.7 Å². The summed E-state index contributed by atoms with van der Waals surface area (Å²) in [5.41, 5.74) is 1.11. The van der Waals surface area contributed by atoms with Gasteiger partial charge in [-0.05, 0) is 31.6 Å². The molecule has 9 nitrogen and oxygen atoms in total. The van der Waals surface area contributed by atoms with E-state index in [0.29, 0.717) is 41.5 Å². The molecule has 3 rings (SSSR count). The minimum absolute atomic E-state index is 0.116. The molecule has 0 unspecified atom stereocenters. The van der Waals surface area contributed by atoms with Crippen LogP contribution in [0.25, 0.3) is 11.4 Å². The lowest BCUT2D eigenvalue weighted by atomic mass is 10.2. The maximum atomic E-state index is 11.6. The van der Waals surface area contributed by atoms with Crippen molar-refractivity contribution < 1.29 is 14.4 Å². The van der Waals surface area contributed by atoms with E-state index in [-0.39, 0.29) is 11.4 Å². The van der Waals surface area contributed by atoms with Gasteiger partial charge < -0.3 is 9.47 Å². The Bertz CT molecular complexity index is 1110. The molecule has 10 heteroatoms. The van der Waals surface area contributed by atoms with E-state index < -0.39 is 4.92 Å². The zero-order valence-corrected chi connectivity index (χ0v) is 17.4. The lowest BCUT2D eigenvalue weighted by molar-refractivity contribution is -0.386. The normalized spacial score (nSPS) is 11.0. The summed E-state index contributed by atoms with van der Waals surface area (Å²) in [5.74, 6) is 0.936. The van der Waals surface area contributed by atoms with Crippen LogP contribution in [0.15, 0.2) is 47.6 Å². The predicted octanol–water partition coefficient (Wildman–Crippen LogP) is 4.59. The number of aromatic nitrogens is 3. The highest BCUT2D eigenvalue weighted by atomic mass is 32.1. The van der Waals surface area contributed by atoms with Crippen molar-refractivity contribution in [2.75, 3.05) is 13.2 Å². The highest BCUT2D eigenvalue weighted by Gasteiger charge is 2.22. The van der Waals surface area contributed by atoms with Crippen molar-refractivity contribution in [3.63, 3.8) is 0 Å². The van der Waals surface area contributed by atoms with Gasteiger partial charge in [0.05, 0.1) is 24.4 Å². The topological polar surface area (TPSA) is 108 Å². The van der Waals surface area contributed by atoms with Crippen molar-refractivity contribution in [2.45, 2.75) is 20.3 Å². The number of benzene rings is 2. The van der Waals surface area contributed by atoms with Crippen molar-refractivity contribution in [3.05, 3.63) is 62.9 Å². The van der Waals surface area contributed by atoms with Gasteiger partial charge in [-0.25, -0.2) is 5.10 Å². The number of hydrogen-bond donors (Lipinski definition) is 1. The van der Waals surface area contributed by atoms with Crippen molar-refractivity contribution in [2.24, 2.45) is 5.10 Å². The van der Waals surface area contributed by atoms with Gasteiger partial charge in [-0.2, -0.15) is 14.9 Å². The fraction of sp³-hybridized carbons (Fsp3) is 0.250. The lowest BCUT2D eigenvalue weighted by Crippen LogP contribution is -2.04. The Hall–Kier alpha value is -3.53. The molecule has 1 N–H and O–H groups in total. The molecule has 0 fully saturated rings. The first-order valence-corrected chi connectivity index (χ1v) is 9.81. The second-order valence-corrected chi connectivity index (χ2v) is 6.57. The number of H-pyrrole nitrogens is 1.